The van der Waals surface area contributed by atoms with E-state index in [9.17, 15) is 20.1 Å². The fraction of sp³-hybridized carbons (Fsp3) is 0.870. The third kappa shape index (κ3) is 19.0. The van der Waals surface area contributed by atoms with Gasteiger partial charge < -0.3 is 30.3 Å². The van der Waals surface area contributed by atoms with Crippen LogP contribution in [0.5, 0.6) is 0 Å². The van der Waals surface area contributed by atoms with Gasteiger partial charge in [0.1, 0.15) is 18.3 Å². The van der Waals surface area contributed by atoms with E-state index in [-0.39, 0.29) is 6.61 Å². The van der Waals surface area contributed by atoms with E-state index in [1.165, 1.54) is 32.1 Å². The van der Waals surface area contributed by atoms with Crippen molar-refractivity contribution in [1.29, 1.82) is 0 Å². The predicted octanol–water partition coefficient (Wildman–Crippen LogP) is 3.18. The van der Waals surface area contributed by atoms with Crippen LogP contribution in [0.25, 0.3) is 0 Å². The molecule has 0 aromatic heterocycles. The molecule has 178 valence electrons. The number of unbranched alkanes of at least 4 members (excludes halogenated alkanes) is 11. The number of carboxylic acid groups (broad SMARTS) is 1. The van der Waals surface area contributed by atoms with Crippen LogP contribution in [0.1, 0.15) is 89.9 Å². The third-order valence-electron chi connectivity index (χ3n) is 5.10. The van der Waals surface area contributed by atoms with Gasteiger partial charge in [0.15, 0.2) is 0 Å². The van der Waals surface area contributed by atoms with Crippen molar-refractivity contribution in [2.24, 2.45) is 0 Å². The van der Waals surface area contributed by atoms with Crippen LogP contribution in [-0.4, -0.2) is 69.6 Å². The number of ether oxygens (including phenoxy) is 1. The van der Waals surface area contributed by atoms with Gasteiger partial charge in [-0.1, -0.05) is 57.1 Å². The molecule has 0 heterocycles. The number of aliphatic hydroxyl groups excluding tert-OH is 4. The summed E-state index contributed by atoms with van der Waals surface area (Å²) in [5.74, 6) is -0.697. The van der Waals surface area contributed by atoms with E-state index >= 15 is 0 Å². The van der Waals surface area contributed by atoms with E-state index < -0.39 is 30.9 Å². The summed E-state index contributed by atoms with van der Waals surface area (Å²) in [6, 6.07) is 0. The SMILES string of the molecule is O=C(O)CCCCCCCC=CCCCCCCCCOC[C@H](O)[C@@H](O)[C@H](O)CO. The molecule has 5 N–H and O–H groups in total. The zero-order valence-corrected chi connectivity index (χ0v) is 18.5. The van der Waals surface area contributed by atoms with Gasteiger partial charge in [-0.3, -0.25) is 4.79 Å². The maximum Gasteiger partial charge on any atom is 0.303 e. The highest BCUT2D eigenvalue weighted by Crippen LogP contribution is 2.10. The van der Waals surface area contributed by atoms with Crippen LogP contribution in [0.4, 0.5) is 0 Å². The van der Waals surface area contributed by atoms with Gasteiger partial charge in [-0.25, -0.2) is 0 Å². The molecule has 0 bridgehead atoms. The number of aliphatic hydroxyl groups is 4. The number of hydrogen-bond donors (Lipinski definition) is 5. The Labute approximate surface area is 181 Å². The molecule has 0 rings (SSSR count). The van der Waals surface area contributed by atoms with Crippen molar-refractivity contribution in [2.45, 2.75) is 108 Å². The van der Waals surface area contributed by atoms with E-state index in [0.717, 1.165) is 51.4 Å². The standard InChI is InChI=1S/C23H44O7/c24-18-20(25)23(29)21(26)19-30-17-15-13-11-9-7-5-3-1-2-4-6-8-10-12-14-16-22(27)28/h1-2,20-21,23-26,29H,3-19H2,(H,27,28)/t20-,21+,23+/m1/s1. The summed E-state index contributed by atoms with van der Waals surface area (Å²) >= 11 is 0. The molecule has 0 aliphatic heterocycles. The van der Waals surface area contributed by atoms with Crippen LogP contribution in [0.3, 0.4) is 0 Å². The van der Waals surface area contributed by atoms with Gasteiger partial charge in [0.05, 0.1) is 13.2 Å². The van der Waals surface area contributed by atoms with Crippen molar-refractivity contribution in [3.05, 3.63) is 12.2 Å². The average Bonchev–Trinajstić information content (AvgIpc) is 2.73. The predicted molar refractivity (Wildman–Crippen MR) is 117 cm³/mol. The molecule has 0 fully saturated rings. The molecule has 0 aromatic rings. The first kappa shape index (κ1) is 29.0. The Morgan fingerprint density at radius 3 is 1.77 bits per heavy atom. The lowest BCUT2D eigenvalue weighted by molar-refractivity contribution is -0.137. The summed E-state index contributed by atoms with van der Waals surface area (Å²) < 4.78 is 5.30. The molecule has 3 atom stereocenters. The highest BCUT2D eigenvalue weighted by atomic mass is 16.5. The summed E-state index contributed by atoms with van der Waals surface area (Å²) in [5, 5.41) is 45.6. The Morgan fingerprint density at radius 2 is 1.23 bits per heavy atom. The number of rotatable bonds is 22. The number of carbonyl (C=O) groups is 1. The number of aliphatic carboxylic acids is 1. The summed E-state index contributed by atoms with van der Waals surface area (Å²) in [5.41, 5.74) is 0. The van der Waals surface area contributed by atoms with Crippen molar-refractivity contribution < 1.29 is 35.1 Å². The molecular formula is C23H44O7. The first-order valence-corrected chi connectivity index (χ1v) is 11.6. The molecule has 0 unspecified atom stereocenters. The van der Waals surface area contributed by atoms with E-state index in [1.807, 2.05) is 0 Å². The lowest BCUT2D eigenvalue weighted by Gasteiger charge is -2.21. The maximum absolute atomic E-state index is 10.4. The fourth-order valence-electron chi connectivity index (χ4n) is 3.14. The second kappa shape index (κ2) is 21.2. The number of hydrogen-bond acceptors (Lipinski definition) is 6. The Hall–Kier alpha value is -0.990. The summed E-state index contributed by atoms with van der Waals surface area (Å²) in [7, 11) is 0. The van der Waals surface area contributed by atoms with Crippen LogP contribution >= 0.6 is 0 Å². The van der Waals surface area contributed by atoms with Crippen LogP contribution in [0.15, 0.2) is 12.2 Å². The van der Waals surface area contributed by atoms with Crippen molar-refractivity contribution in [3.8, 4) is 0 Å². The first-order valence-electron chi connectivity index (χ1n) is 11.6. The average molecular weight is 433 g/mol. The van der Waals surface area contributed by atoms with Crippen molar-refractivity contribution in [3.63, 3.8) is 0 Å². The van der Waals surface area contributed by atoms with Crippen molar-refractivity contribution in [2.75, 3.05) is 19.8 Å². The Kier molecular flexibility index (Phi) is 20.5. The molecule has 30 heavy (non-hydrogen) atoms. The van der Waals surface area contributed by atoms with Gasteiger partial charge in [0.2, 0.25) is 0 Å². The quantitative estimate of drug-likeness (QED) is 0.131. The smallest absolute Gasteiger partial charge is 0.303 e. The topological polar surface area (TPSA) is 127 Å². The molecule has 0 aliphatic carbocycles. The lowest BCUT2D eigenvalue weighted by Crippen LogP contribution is -2.41. The zero-order valence-electron chi connectivity index (χ0n) is 18.5. The molecule has 0 radical (unpaired) electrons. The number of allylic oxidation sites excluding steroid dienone is 2. The van der Waals surface area contributed by atoms with Gasteiger partial charge >= 0.3 is 5.97 Å². The van der Waals surface area contributed by atoms with Gasteiger partial charge in [-0.15, -0.1) is 0 Å². The highest BCUT2D eigenvalue weighted by molar-refractivity contribution is 5.66. The summed E-state index contributed by atoms with van der Waals surface area (Å²) in [4.78, 5) is 10.4. The van der Waals surface area contributed by atoms with Crippen LogP contribution in [-0.2, 0) is 9.53 Å². The monoisotopic (exact) mass is 432 g/mol. The van der Waals surface area contributed by atoms with Crippen LogP contribution < -0.4 is 0 Å². The molecule has 7 nitrogen and oxygen atoms in total. The summed E-state index contributed by atoms with van der Waals surface area (Å²) in [6.45, 7) is -0.123. The van der Waals surface area contributed by atoms with E-state index in [0.29, 0.717) is 13.0 Å². The van der Waals surface area contributed by atoms with Crippen molar-refractivity contribution >= 4 is 5.97 Å². The van der Waals surface area contributed by atoms with Crippen LogP contribution in [0, 0.1) is 0 Å². The summed E-state index contributed by atoms with van der Waals surface area (Å²) in [6.07, 6.45) is 15.2. The molecule has 0 spiro atoms. The van der Waals surface area contributed by atoms with E-state index in [1.54, 1.807) is 0 Å². The van der Waals surface area contributed by atoms with Gasteiger partial charge in [-0.05, 0) is 38.5 Å². The molecule has 0 saturated heterocycles. The lowest BCUT2D eigenvalue weighted by atomic mass is 10.1. The highest BCUT2D eigenvalue weighted by Gasteiger charge is 2.23. The third-order valence-corrected chi connectivity index (χ3v) is 5.10. The van der Waals surface area contributed by atoms with E-state index in [4.69, 9.17) is 14.9 Å². The van der Waals surface area contributed by atoms with E-state index in [2.05, 4.69) is 12.2 Å². The van der Waals surface area contributed by atoms with Gasteiger partial charge in [0.25, 0.3) is 0 Å². The Morgan fingerprint density at radius 1 is 0.733 bits per heavy atom. The molecule has 7 heteroatoms. The normalized spacial score (nSPS) is 14.8. The van der Waals surface area contributed by atoms with Gasteiger partial charge in [0, 0.05) is 13.0 Å². The first-order chi connectivity index (χ1) is 14.5. The second-order valence-corrected chi connectivity index (χ2v) is 7.96. The molecule has 0 amide bonds. The Balaban J connectivity index is 3.27. The minimum atomic E-state index is -1.39. The number of carboxylic acids is 1. The zero-order chi connectivity index (χ0) is 22.5. The molecule has 0 saturated carbocycles. The second-order valence-electron chi connectivity index (χ2n) is 7.96. The minimum Gasteiger partial charge on any atom is -0.481 e. The van der Waals surface area contributed by atoms with Gasteiger partial charge in [-0.2, -0.15) is 0 Å². The minimum absolute atomic E-state index is 0.0463. The molecule has 0 aliphatic rings. The molecular weight excluding hydrogens is 388 g/mol. The maximum atomic E-state index is 10.4. The molecule has 0 aromatic carbocycles. The fourth-order valence-corrected chi connectivity index (χ4v) is 3.14. The van der Waals surface area contributed by atoms with Crippen molar-refractivity contribution in [1.82, 2.24) is 0 Å². The largest absolute Gasteiger partial charge is 0.481 e. The Bertz CT molecular complexity index is 414. The van der Waals surface area contributed by atoms with Crippen LogP contribution in [0.2, 0.25) is 0 Å².